The fourth-order valence-electron chi connectivity index (χ4n) is 3.92. The summed E-state index contributed by atoms with van der Waals surface area (Å²) < 4.78 is 23.3. The lowest BCUT2D eigenvalue weighted by molar-refractivity contribution is 0.0458. The molecule has 34 heavy (non-hydrogen) atoms. The van der Waals surface area contributed by atoms with Crippen LogP contribution in [0, 0.1) is 19.7 Å². The van der Waals surface area contributed by atoms with Crippen molar-refractivity contribution in [2.45, 2.75) is 46.8 Å². The molecule has 3 aromatic heterocycles. The maximum Gasteiger partial charge on any atom is 0.342 e. The number of nitrogens with zero attached hydrogens (tertiary/aromatic N) is 5. The second-order valence-electron chi connectivity index (χ2n) is 8.03. The molecule has 0 saturated carbocycles. The molecule has 0 unspecified atom stereocenters. The Morgan fingerprint density at radius 1 is 1.18 bits per heavy atom. The van der Waals surface area contributed by atoms with Crippen LogP contribution in [0.2, 0.25) is 0 Å². The van der Waals surface area contributed by atoms with Crippen LogP contribution in [0.15, 0.2) is 33.9 Å². The Balaban J connectivity index is 1.62. The number of aromatic amines is 1. The van der Waals surface area contributed by atoms with Gasteiger partial charge in [0.15, 0.2) is 11.2 Å². The highest BCUT2D eigenvalue weighted by Crippen LogP contribution is 2.20. The van der Waals surface area contributed by atoms with Gasteiger partial charge >= 0.3 is 11.7 Å². The van der Waals surface area contributed by atoms with Crippen LogP contribution >= 0.6 is 0 Å². The van der Waals surface area contributed by atoms with E-state index < -0.39 is 17.2 Å². The summed E-state index contributed by atoms with van der Waals surface area (Å²) in [5.74, 6) is -0.648. The van der Waals surface area contributed by atoms with Gasteiger partial charge in [-0.05, 0) is 44.5 Å². The zero-order valence-electron chi connectivity index (χ0n) is 19.4. The zero-order chi connectivity index (χ0) is 24.6. The number of hydrogen-bond donors (Lipinski definition) is 1. The first kappa shape index (κ1) is 23.1. The standard InChI is InChI=1S/C23H25FN6O4/c1-5-6-11-29-20-19(21(31)26-23(29)33)28(4)17(25-20)12-34-22(32)18-13(2)27-30(14(18)3)16-9-7-15(24)8-10-16/h7-10H,5-6,11-12H2,1-4H3,(H,26,31,33). The molecule has 0 atom stereocenters. The van der Waals surface area contributed by atoms with E-state index in [-0.39, 0.29) is 23.6 Å². The lowest BCUT2D eigenvalue weighted by atomic mass is 10.2. The molecule has 0 amide bonds. The minimum Gasteiger partial charge on any atom is -0.454 e. The molecule has 0 radical (unpaired) electrons. The van der Waals surface area contributed by atoms with Crippen molar-refractivity contribution in [1.29, 1.82) is 0 Å². The second-order valence-corrected chi connectivity index (χ2v) is 8.03. The number of H-pyrrole nitrogens is 1. The first-order valence-corrected chi connectivity index (χ1v) is 10.9. The SMILES string of the molecule is CCCCn1c(=O)[nH]c(=O)c2c1nc(COC(=O)c1c(C)nn(-c3ccc(F)cc3)c1C)n2C. The fraction of sp³-hybridized carbons (Fsp3) is 0.348. The monoisotopic (exact) mass is 468 g/mol. The van der Waals surface area contributed by atoms with Gasteiger partial charge in [-0.15, -0.1) is 0 Å². The number of imidazole rings is 1. The number of esters is 1. The van der Waals surface area contributed by atoms with E-state index in [2.05, 4.69) is 15.1 Å². The van der Waals surface area contributed by atoms with Gasteiger partial charge in [0.2, 0.25) is 0 Å². The number of nitrogens with one attached hydrogen (secondary N) is 1. The molecule has 0 fully saturated rings. The summed E-state index contributed by atoms with van der Waals surface area (Å²) in [5.41, 5.74) is 1.33. The molecule has 0 aliphatic carbocycles. The molecule has 0 saturated heterocycles. The number of unbranched alkanes of at least 4 members (excludes halogenated alkanes) is 1. The van der Waals surface area contributed by atoms with E-state index >= 15 is 0 Å². The molecule has 3 heterocycles. The molecule has 178 valence electrons. The highest BCUT2D eigenvalue weighted by molar-refractivity contribution is 5.92. The summed E-state index contributed by atoms with van der Waals surface area (Å²) in [4.78, 5) is 44.4. The van der Waals surface area contributed by atoms with Gasteiger partial charge in [0, 0.05) is 13.6 Å². The van der Waals surface area contributed by atoms with E-state index in [4.69, 9.17) is 4.74 Å². The number of benzene rings is 1. The van der Waals surface area contributed by atoms with Gasteiger partial charge in [-0.3, -0.25) is 14.3 Å². The molecule has 10 nitrogen and oxygen atoms in total. The van der Waals surface area contributed by atoms with Crippen molar-refractivity contribution >= 4 is 17.1 Å². The van der Waals surface area contributed by atoms with E-state index in [0.717, 1.165) is 12.8 Å². The van der Waals surface area contributed by atoms with Crippen LogP contribution in [0.1, 0.15) is 47.3 Å². The number of aromatic nitrogens is 6. The van der Waals surface area contributed by atoms with Crippen LogP contribution in [0.25, 0.3) is 16.9 Å². The molecule has 4 aromatic rings. The summed E-state index contributed by atoms with van der Waals surface area (Å²) in [5, 5.41) is 4.39. The number of aryl methyl sites for hydroxylation is 3. The first-order chi connectivity index (χ1) is 16.2. The van der Waals surface area contributed by atoms with Crippen molar-refractivity contribution in [3.63, 3.8) is 0 Å². The van der Waals surface area contributed by atoms with E-state index in [9.17, 15) is 18.8 Å². The number of carbonyl (C=O) groups excluding carboxylic acids is 1. The number of rotatable bonds is 7. The lowest BCUT2D eigenvalue weighted by Crippen LogP contribution is -2.31. The van der Waals surface area contributed by atoms with Crippen LogP contribution in [0.3, 0.4) is 0 Å². The number of carbonyl (C=O) groups is 1. The second kappa shape index (κ2) is 9.08. The third-order valence-corrected chi connectivity index (χ3v) is 5.74. The number of halogens is 1. The maximum absolute atomic E-state index is 13.3. The van der Waals surface area contributed by atoms with Crippen molar-refractivity contribution in [2.24, 2.45) is 7.05 Å². The topological polar surface area (TPSA) is 117 Å². The summed E-state index contributed by atoms with van der Waals surface area (Å²) in [6, 6.07) is 5.77. The average molecular weight is 468 g/mol. The van der Waals surface area contributed by atoms with Gasteiger partial charge < -0.3 is 9.30 Å². The molecule has 0 spiro atoms. The average Bonchev–Trinajstić information content (AvgIpc) is 3.28. The quantitative estimate of drug-likeness (QED) is 0.417. The molecule has 0 bridgehead atoms. The molecule has 1 aromatic carbocycles. The predicted octanol–water partition coefficient (Wildman–Crippen LogP) is 2.52. The van der Waals surface area contributed by atoms with Gasteiger partial charge in [0.1, 0.15) is 23.8 Å². The lowest BCUT2D eigenvalue weighted by Gasteiger charge is -2.07. The van der Waals surface area contributed by atoms with E-state index in [0.29, 0.717) is 35.0 Å². The number of fused-ring (bicyclic) bond motifs is 1. The first-order valence-electron chi connectivity index (χ1n) is 10.9. The highest BCUT2D eigenvalue weighted by Gasteiger charge is 2.23. The predicted molar refractivity (Wildman–Crippen MR) is 123 cm³/mol. The van der Waals surface area contributed by atoms with Gasteiger partial charge in [0.05, 0.1) is 17.1 Å². The third kappa shape index (κ3) is 4.04. The summed E-state index contributed by atoms with van der Waals surface area (Å²) >= 11 is 0. The minimum atomic E-state index is -0.604. The van der Waals surface area contributed by atoms with Crippen molar-refractivity contribution in [3.05, 3.63) is 73.7 Å². The van der Waals surface area contributed by atoms with Gasteiger partial charge in [0.25, 0.3) is 5.56 Å². The number of ether oxygens (including phenoxy) is 1. The maximum atomic E-state index is 13.3. The normalized spacial score (nSPS) is 11.3. The Kier molecular flexibility index (Phi) is 6.18. The molecular formula is C23H25FN6O4. The molecule has 0 aliphatic rings. The Bertz CT molecular complexity index is 1490. The Hall–Kier alpha value is -4.02. The van der Waals surface area contributed by atoms with Crippen molar-refractivity contribution in [3.8, 4) is 5.69 Å². The van der Waals surface area contributed by atoms with Gasteiger partial charge in [-0.2, -0.15) is 5.10 Å². The molecule has 1 N–H and O–H groups in total. The van der Waals surface area contributed by atoms with Crippen LogP contribution in [-0.4, -0.2) is 34.9 Å². The minimum absolute atomic E-state index is 0.202. The smallest absolute Gasteiger partial charge is 0.342 e. The zero-order valence-corrected chi connectivity index (χ0v) is 19.4. The van der Waals surface area contributed by atoms with Crippen molar-refractivity contribution in [2.75, 3.05) is 0 Å². The van der Waals surface area contributed by atoms with Crippen molar-refractivity contribution < 1.29 is 13.9 Å². The van der Waals surface area contributed by atoms with Crippen LogP contribution in [0.4, 0.5) is 4.39 Å². The molecule has 11 heteroatoms. The van der Waals surface area contributed by atoms with Crippen LogP contribution < -0.4 is 11.2 Å². The Labute approximate surface area is 193 Å². The van der Waals surface area contributed by atoms with Gasteiger partial charge in [-0.25, -0.2) is 23.6 Å². The fourth-order valence-corrected chi connectivity index (χ4v) is 3.92. The van der Waals surface area contributed by atoms with E-state index in [1.165, 1.54) is 21.3 Å². The molecule has 0 aliphatic heterocycles. The Morgan fingerprint density at radius 3 is 2.56 bits per heavy atom. The third-order valence-electron chi connectivity index (χ3n) is 5.74. The molecular weight excluding hydrogens is 443 g/mol. The van der Waals surface area contributed by atoms with E-state index in [1.54, 1.807) is 37.7 Å². The van der Waals surface area contributed by atoms with Crippen molar-refractivity contribution in [1.82, 2.24) is 28.9 Å². The van der Waals surface area contributed by atoms with Crippen LogP contribution in [-0.2, 0) is 24.9 Å². The number of hydrogen-bond acceptors (Lipinski definition) is 6. The summed E-state index contributed by atoms with van der Waals surface area (Å²) in [6.07, 6.45) is 1.62. The summed E-state index contributed by atoms with van der Waals surface area (Å²) in [6.45, 7) is 5.62. The molecule has 4 rings (SSSR count). The van der Waals surface area contributed by atoms with E-state index in [1.807, 2.05) is 6.92 Å². The summed E-state index contributed by atoms with van der Waals surface area (Å²) in [7, 11) is 1.63. The highest BCUT2D eigenvalue weighted by atomic mass is 19.1. The Morgan fingerprint density at radius 2 is 1.88 bits per heavy atom. The largest absolute Gasteiger partial charge is 0.454 e. The van der Waals surface area contributed by atoms with Crippen LogP contribution in [0.5, 0.6) is 0 Å². The van der Waals surface area contributed by atoms with Gasteiger partial charge in [-0.1, -0.05) is 13.3 Å².